The fourth-order valence-electron chi connectivity index (χ4n) is 2.12. The van der Waals surface area contributed by atoms with Gasteiger partial charge in [0.2, 0.25) is 0 Å². The average molecular weight is 269 g/mol. The maximum atomic E-state index is 5.85. The molecule has 102 valence electrons. The molecule has 0 bridgehead atoms. The van der Waals surface area contributed by atoms with Crippen molar-refractivity contribution in [2.24, 2.45) is 0 Å². The molecule has 2 heterocycles. The van der Waals surface area contributed by atoms with Gasteiger partial charge < -0.3 is 15.4 Å². The van der Waals surface area contributed by atoms with Gasteiger partial charge in [0.25, 0.3) is 0 Å². The fraction of sp³-hybridized carbons (Fsp3) is 0.769. The number of ether oxygens (including phenoxy) is 1. The minimum atomic E-state index is 0.479. The minimum absolute atomic E-state index is 0.479. The molecule has 1 aliphatic rings. The van der Waals surface area contributed by atoms with Crippen LogP contribution in [0.5, 0.6) is 0 Å². The third kappa shape index (κ3) is 5.02. The van der Waals surface area contributed by atoms with Gasteiger partial charge in [-0.15, -0.1) is 11.3 Å². The smallest absolute Gasteiger partial charge is 0.0897 e. The third-order valence-electron chi connectivity index (χ3n) is 3.11. The van der Waals surface area contributed by atoms with E-state index >= 15 is 0 Å². The lowest BCUT2D eigenvalue weighted by molar-refractivity contribution is 0.0317. The molecule has 2 N–H and O–H groups in total. The fourth-order valence-corrected chi connectivity index (χ4v) is 2.73. The van der Waals surface area contributed by atoms with E-state index in [4.69, 9.17) is 4.74 Å². The van der Waals surface area contributed by atoms with Gasteiger partial charge in [0.15, 0.2) is 0 Å². The molecule has 0 atom stereocenters. The molecular weight excluding hydrogens is 246 g/mol. The quantitative estimate of drug-likeness (QED) is 0.740. The predicted molar refractivity (Wildman–Crippen MR) is 75.0 cm³/mol. The van der Waals surface area contributed by atoms with Gasteiger partial charge in [-0.2, -0.15) is 0 Å². The van der Waals surface area contributed by atoms with Crippen molar-refractivity contribution in [2.75, 3.05) is 26.2 Å². The third-order valence-corrected chi connectivity index (χ3v) is 3.93. The van der Waals surface area contributed by atoms with E-state index in [1.807, 2.05) is 6.92 Å². The van der Waals surface area contributed by atoms with Crippen LogP contribution in [0.15, 0.2) is 5.38 Å². The van der Waals surface area contributed by atoms with Crippen molar-refractivity contribution < 1.29 is 4.74 Å². The second kappa shape index (κ2) is 7.84. The van der Waals surface area contributed by atoms with Gasteiger partial charge in [0, 0.05) is 18.5 Å². The largest absolute Gasteiger partial charge is 0.378 e. The van der Waals surface area contributed by atoms with Crippen molar-refractivity contribution >= 4 is 11.3 Å². The molecule has 0 aromatic carbocycles. The molecule has 4 nitrogen and oxygen atoms in total. The summed E-state index contributed by atoms with van der Waals surface area (Å²) in [5.74, 6) is 0. The van der Waals surface area contributed by atoms with Crippen molar-refractivity contribution in [1.29, 1.82) is 0 Å². The normalized spacial score (nSPS) is 17.2. The highest BCUT2D eigenvalue weighted by atomic mass is 32.1. The average Bonchev–Trinajstić information content (AvgIpc) is 2.81. The molecule has 18 heavy (non-hydrogen) atoms. The number of aromatic nitrogens is 1. The van der Waals surface area contributed by atoms with E-state index in [-0.39, 0.29) is 0 Å². The molecule has 0 aliphatic carbocycles. The Labute approximate surface area is 113 Å². The SMILES string of the molecule is Cc1nc(CNCCCOC2CCNCC2)cs1. The highest BCUT2D eigenvalue weighted by Crippen LogP contribution is 2.08. The summed E-state index contributed by atoms with van der Waals surface area (Å²) in [7, 11) is 0. The van der Waals surface area contributed by atoms with E-state index in [9.17, 15) is 0 Å². The second-order valence-electron chi connectivity index (χ2n) is 4.71. The van der Waals surface area contributed by atoms with E-state index in [0.29, 0.717) is 6.10 Å². The van der Waals surface area contributed by atoms with Gasteiger partial charge >= 0.3 is 0 Å². The summed E-state index contributed by atoms with van der Waals surface area (Å²) < 4.78 is 5.85. The van der Waals surface area contributed by atoms with Crippen molar-refractivity contribution in [3.8, 4) is 0 Å². The topological polar surface area (TPSA) is 46.2 Å². The maximum absolute atomic E-state index is 5.85. The van der Waals surface area contributed by atoms with Crippen LogP contribution in [-0.2, 0) is 11.3 Å². The van der Waals surface area contributed by atoms with Crippen LogP contribution < -0.4 is 10.6 Å². The summed E-state index contributed by atoms with van der Waals surface area (Å²) in [6, 6.07) is 0. The highest BCUT2D eigenvalue weighted by Gasteiger charge is 2.12. The van der Waals surface area contributed by atoms with Crippen LogP contribution in [0.1, 0.15) is 30.0 Å². The molecule has 1 saturated heterocycles. The van der Waals surface area contributed by atoms with Gasteiger partial charge in [0.05, 0.1) is 16.8 Å². The van der Waals surface area contributed by atoms with Gasteiger partial charge in [0.1, 0.15) is 0 Å². The summed E-state index contributed by atoms with van der Waals surface area (Å²) in [6.07, 6.45) is 3.87. The van der Waals surface area contributed by atoms with Crippen molar-refractivity contribution in [2.45, 2.75) is 38.8 Å². The highest BCUT2D eigenvalue weighted by molar-refractivity contribution is 7.09. The standard InChI is InChI=1S/C13H23N3OS/c1-11-16-12(10-18-11)9-15-5-2-8-17-13-3-6-14-7-4-13/h10,13-15H,2-9H2,1H3. The number of piperidine rings is 1. The first-order valence-electron chi connectivity index (χ1n) is 6.78. The van der Waals surface area contributed by atoms with Crippen LogP contribution in [0.3, 0.4) is 0 Å². The Bertz CT molecular complexity index is 337. The number of rotatable bonds is 7. The molecule has 2 rings (SSSR count). The molecule has 0 spiro atoms. The Morgan fingerprint density at radius 3 is 3.06 bits per heavy atom. The van der Waals surface area contributed by atoms with Crippen LogP contribution >= 0.6 is 11.3 Å². The van der Waals surface area contributed by atoms with Crippen LogP contribution in [-0.4, -0.2) is 37.3 Å². The lowest BCUT2D eigenvalue weighted by Gasteiger charge is -2.22. The Kier molecular flexibility index (Phi) is 6.07. The van der Waals surface area contributed by atoms with Gasteiger partial charge in [-0.3, -0.25) is 0 Å². The summed E-state index contributed by atoms with van der Waals surface area (Å²) in [6.45, 7) is 6.99. The molecule has 1 aliphatic heterocycles. The zero-order valence-electron chi connectivity index (χ0n) is 11.1. The number of nitrogens with one attached hydrogen (secondary N) is 2. The van der Waals surface area contributed by atoms with Crippen molar-refractivity contribution in [3.05, 3.63) is 16.1 Å². The molecule has 0 saturated carbocycles. The Balaban J connectivity index is 1.46. The van der Waals surface area contributed by atoms with E-state index in [2.05, 4.69) is 21.0 Å². The van der Waals surface area contributed by atoms with Gasteiger partial charge in [-0.05, 0) is 45.8 Å². The second-order valence-corrected chi connectivity index (χ2v) is 5.77. The number of nitrogens with zero attached hydrogens (tertiary/aromatic N) is 1. The Hall–Kier alpha value is -0.490. The molecular formula is C13H23N3OS. The number of hydrogen-bond donors (Lipinski definition) is 2. The van der Waals surface area contributed by atoms with Gasteiger partial charge in [-0.1, -0.05) is 0 Å². The maximum Gasteiger partial charge on any atom is 0.0897 e. The van der Waals surface area contributed by atoms with E-state index in [1.165, 1.54) is 0 Å². The number of hydrogen-bond acceptors (Lipinski definition) is 5. The molecule has 1 aromatic heterocycles. The first-order chi connectivity index (χ1) is 8.84. The van der Waals surface area contributed by atoms with E-state index < -0.39 is 0 Å². The minimum Gasteiger partial charge on any atom is -0.378 e. The van der Waals surface area contributed by atoms with Crippen molar-refractivity contribution in [3.63, 3.8) is 0 Å². The summed E-state index contributed by atoms with van der Waals surface area (Å²) in [5, 5.41) is 10.0. The van der Waals surface area contributed by atoms with Gasteiger partial charge in [-0.25, -0.2) is 4.98 Å². The van der Waals surface area contributed by atoms with E-state index in [0.717, 1.165) is 62.7 Å². The van der Waals surface area contributed by atoms with E-state index in [1.54, 1.807) is 11.3 Å². The lowest BCUT2D eigenvalue weighted by Crippen LogP contribution is -2.32. The van der Waals surface area contributed by atoms with Crippen LogP contribution in [0.25, 0.3) is 0 Å². The van der Waals surface area contributed by atoms with Crippen LogP contribution in [0, 0.1) is 6.92 Å². The molecule has 5 heteroatoms. The summed E-state index contributed by atoms with van der Waals surface area (Å²) in [5.41, 5.74) is 1.15. The number of thiazole rings is 1. The first-order valence-corrected chi connectivity index (χ1v) is 7.66. The number of aryl methyl sites for hydroxylation is 1. The zero-order valence-corrected chi connectivity index (χ0v) is 11.9. The first kappa shape index (κ1) is 13.9. The summed E-state index contributed by atoms with van der Waals surface area (Å²) in [4.78, 5) is 4.42. The summed E-state index contributed by atoms with van der Waals surface area (Å²) >= 11 is 1.71. The van der Waals surface area contributed by atoms with Crippen molar-refractivity contribution in [1.82, 2.24) is 15.6 Å². The van der Waals surface area contributed by atoms with Crippen LogP contribution in [0.4, 0.5) is 0 Å². The monoisotopic (exact) mass is 269 g/mol. The van der Waals surface area contributed by atoms with Crippen LogP contribution in [0.2, 0.25) is 0 Å². The Morgan fingerprint density at radius 1 is 1.50 bits per heavy atom. The Morgan fingerprint density at radius 2 is 2.33 bits per heavy atom. The molecule has 0 amide bonds. The molecule has 0 unspecified atom stereocenters. The predicted octanol–water partition coefficient (Wildman–Crippen LogP) is 1.70. The zero-order chi connectivity index (χ0) is 12.6. The molecule has 0 radical (unpaired) electrons. The lowest BCUT2D eigenvalue weighted by atomic mass is 10.1. The molecule has 1 aromatic rings. The molecule has 1 fully saturated rings.